The van der Waals surface area contributed by atoms with E-state index >= 15 is 0 Å². The molecule has 1 aliphatic heterocycles. The van der Waals surface area contributed by atoms with Crippen molar-refractivity contribution in [2.75, 3.05) is 25.0 Å². The second-order valence-electron chi connectivity index (χ2n) is 11.0. The Bertz CT molecular complexity index is 1730. The van der Waals surface area contributed by atoms with Gasteiger partial charge in [-0.3, -0.25) is 14.7 Å². The molecule has 43 heavy (non-hydrogen) atoms. The van der Waals surface area contributed by atoms with Crippen LogP contribution in [0.1, 0.15) is 70.3 Å². The fraction of sp³-hybridized carbons (Fsp3) is 0.353. The third-order valence-corrected chi connectivity index (χ3v) is 9.33. The quantitative estimate of drug-likeness (QED) is 0.242. The summed E-state index contributed by atoms with van der Waals surface area (Å²) in [5, 5.41) is 4.03. The maximum atomic E-state index is 13.8. The van der Waals surface area contributed by atoms with Crippen molar-refractivity contribution < 1.29 is 23.9 Å². The molecule has 1 atom stereocenters. The first kappa shape index (κ1) is 29.0. The maximum absolute atomic E-state index is 13.8. The number of carbonyl (C=O) groups excluding carboxylic acids is 3. The molecule has 0 radical (unpaired) electrons. The van der Waals surface area contributed by atoms with Gasteiger partial charge in [-0.2, -0.15) is 0 Å². The summed E-state index contributed by atoms with van der Waals surface area (Å²) in [6.45, 7) is 8.10. The van der Waals surface area contributed by atoms with E-state index in [-0.39, 0.29) is 6.61 Å². The van der Waals surface area contributed by atoms with Crippen LogP contribution >= 0.6 is 11.3 Å². The van der Waals surface area contributed by atoms with Crippen LogP contribution in [-0.2, 0) is 40.1 Å². The number of hydrogen-bond donors (Lipinski definition) is 1. The highest BCUT2D eigenvalue weighted by atomic mass is 32.1. The first-order valence-electron chi connectivity index (χ1n) is 14.9. The molecule has 1 aliphatic carbocycles. The smallest absolute Gasteiger partial charge is 0.341 e. The SMILES string of the molecule is CCCN1CCc2nc3ccccc3c(C(=O)OC(C)C(=O)Nc3sc4c(c3C(=O)OCC)CCc3ccccc3-4)c2C1. The number of ether oxygens (including phenoxy) is 2. The number of fused-ring (bicyclic) bond motifs is 5. The van der Waals surface area contributed by atoms with E-state index in [0.29, 0.717) is 34.5 Å². The van der Waals surface area contributed by atoms with Gasteiger partial charge in [0.1, 0.15) is 5.00 Å². The van der Waals surface area contributed by atoms with Crippen molar-refractivity contribution in [2.24, 2.45) is 0 Å². The average Bonchev–Trinajstić information content (AvgIpc) is 3.38. The molecular weight excluding hydrogens is 562 g/mol. The van der Waals surface area contributed by atoms with E-state index in [1.807, 2.05) is 42.5 Å². The standard InChI is InChI=1S/C34H35N3O5S/c1-4-17-37-18-16-27-25(19-37)28(23-12-8-9-13-26(23)35-27)34(40)42-20(3)31(38)36-32-29(33(39)41-5-2)24-15-14-21-10-6-7-11-22(21)30(24)43-32/h6-13,20H,4-5,14-19H2,1-3H3,(H,36,38). The Morgan fingerprint density at radius 1 is 0.977 bits per heavy atom. The van der Waals surface area contributed by atoms with Crippen LogP contribution in [0.15, 0.2) is 48.5 Å². The van der Waals surface area contributed by atoms with E-state index in [9.17, 15) is 14.4 Å². The molecule has 1 unspecified atom stereocenters. The molecule has 0 bridgehead atoms. The van der Waals surface area contributed by atoms with Crippen molar-refractivity contribution in [1.82, 2.24) is 9.88 Å². The number of benzene rings is 2. The fourth-order valence-corrected chi connectivity index (χ4v) is 7.42. The topological polar surface area (TPSA) is 97.8 Å². The molecule has 8 nitrogen and oxygen atoms in total. The Morgan fingerprint density at radius 3 is 2.58 bits per heavy atom. The molecule has 0 saturated carbocycles. The van der Waals surface area contributed by atoms with Gasteiger partial charge in [-0.05, 0) is 62.4 Å². The molecule has 222 valence electrons. The number of carbonyl (C=O) groups is 3. The van der Waals surface area contributed by atoms with E-state index in [0.717, 1.165) is 65.1 Å². The number of anilines is 1. The van der Waals surface area contributed by atoms with Gasteiger partial charge in [-0.25, -0.2) is 9.59 Å². The van der Waals surface area contributed by atoms with E-state index in [4.69, 9.17) is 14.5 Å². The van der Waals surface area contributed by atoms with E-state index in [1.54, 1.807) is 13.8 Å². The van der Waals surface area contributed by atoms with Crippen molar-refractivity contribution in [3.8, 4) is 10.4 Å². The number of thiophene rings is 1. The summed E-state index contributed by atoms with van der Waals surface area (Å²) < 4.78 is 11.2. The Labute approximate surface area is 255 Å². The number of hydrogen-bond acceptors (Lipinski definition) is 8. The summed E-state index contributed by atoms with van der Waals surface area (Å²) in [7, 11) is 0. The second kappa shape index (κ2) is 12.3. The molecule has 2 aromatic heterocycles. The number of aromatic nitrogens is 1. The molecule has 2 aromatic carbocycles. The molecule has 0 saturated heterocycles. The van der Waals surface area contributed by atoms with Crippen LogP contribution in [0.2, 0.25) is 0 Å². The highest BCUT2D eigenvalue weighted by Gasteiger charge is 2.32. The predicted octanol–water partition coefficient (Wildman–Crippen LogP) is 6.19. The summed E-state index contributed by atoms with van der Waals surface area (Å²) >= 11 is 1.36. The van der Waals surface area contributed by atoms with Crippen LogP contribution in [0.5, 0.6) is 0 Å². The lowest BCUT2D eigenvalue weighted by atomic mass is 9.89. The molecular formula is C34H35N3O5S. The first-order valence-corrected chi connectivity index (χ1v) is 15.8. The van der Waals surface area contributed by atoms with Gasteiger partial charge in [0.25, 0.3) is 5.91 Å². The van der Waals surface area contributed by atoms with Crippen molar-refractivity contribution in [2.45, 2.75) is 59.1 Å². The summed E-state index contributed by atoms with van der Waals surface area (Å²) in [5.41, 5.74) is 6.50. The number of rotatable bonds is 8. The Morgan fingerprint density at radius 2 is 1.77 bits per heavy atom. The summed E-state index contributed by atoms with van der Waals surface area (Å²) in [6, 6.07) is 15.7. The Hall–Kier alpha value is -4.08. The second-order valence-corrected chi connectivity index (χ2v) is 12.0. The molecule has 2 aliphatic rings. The van der Waals surface area contributed by atoms with Crippen molar-refractivity contribution in [3.63, 3.8) is 0 Å². The van der Waals surface area contributed by atoms with Crippen molar-refractivity contribution >= 4 is 45.1 Å². The van der Waals surface area contributed by atoms with E-state index in [2.05, 4.69) is 23.2 Å². The van der Waals surface area contributed by atoms with Gasteiger partial charge in [-0.1, -0.05) is 49.4 Å². The molecule has 1 N–H and O–H groups in total. The van der Waals surface area contributed by atoms with Crippen LogP contribution in [-0.4, -0.2) is 53.5 Å². The molecule has 4 aromatic rings. The van der Waals surface area contributed by atoms with Gasteiger partial charge in [0, 0.05) is 41.0 Å². The van der Waals surface area contributed by atoms with E-state index in [1.165, 1.54) is 16.9 Å². The number of para-hydroxylation sites is 1. The zero-order valence-corrected chi connectivity index (χ0v) is 25.5. The van der Waals surface area contributed by atoms with Crippen molar-refractivity contribution in [3.05, 3.63) is 82.0 Å². The van der Waals surface area contributed by atoms with Gasteiger partial charge in [0.2, 0.25) is 0 Å². The number of aryl methyl sites for hydroxylation is 1. The molecule has 1 amide bonds. The van der Waals surface area contributed by atoms with Crippen LogP contribution in [0.3, 0.4) is 0 Å². The summed E-state index contributed by atoms with van der Waals surface area (Å²) in [5.74, 6) is -1.53. The van der Waals surface area contributed by atoms with Gasteiger partial charge in [0.05, 0.1) is 23.3 Å². The number of esters is 2. The number of amides is 1. The fourth-order valence-electron chi connectivity index (χ4n) is 6.12. The maximum Gasteiger partial charge on any atom is 0.341 e. The molecule has 0 fully saturated rings. The van der Waals surface area contributed by atoms with Gasteiger partial charge in [0.15, 0.2) is 6.10 Å². The Balaban J connectivity index is 1.29. The third kappa shape index (κ3) is 5.55. The van der Waals surface area contributed by atoms with Gasteiger partial charge >= 0.3 is 11.9 Å². The average molecular weight is 598 g/mol. The lowest BCUT2D eigenvalue weighted by Gasteiger charge is -2.29. The largest absolute Gasteiger partial charge is 0.462 e. The lowest BCUT2D eigenvalue weighted by molar-refractivity contribution is -0.123. The minimum absolute atomic E-state index is 0.224. The normalized spacial score (nSPS) is 14.8. The number of nitrogens with zero attached hydrogens (tertiary/aromatic N) is 2. The molecule has 3 heterocycles. The Kier molecular flexibility index (Phi) is 8.27. The highest BCUT2D eigenvalue weighted by molar-refractivity contribution is 7.20. The zero-order valence-electron chi connectivity index (χ0n) is 24.7. The third-order valence-electron chi connectivity index (χ3n) is 8.15. The summed E-state index contributed by atoms with van der Waals surface area (Å²) in [4.78, 5) is 48.5. The zero-order chi connectivity index (χ0) is 30.1. The van der Waals surface area contributed by atoms with Crippen molar-refractivity contribution in [1.29, 1.82) is 0 Å². The predicted molar refractivity (Wildman–Crippen MR) is 168 cm³/mol. The lowest BCUT2D eigenvalue weighted by Crippen LogP contribution is -2.34. The number of nitrogens with one attached hydrogen (secondary N) is 1. The van der Waals surface area contributed by atoms with Gasteiger partial charge < -0.3 is 14.8 Å². The first-order chi connectivity index (χ1) is 20.9. The minimum Gasteiger partial charge on any atom is -0.462 e. The number of pyridine rings is 1. The molecule has 0 spiro atoms. The van der Waals surface area contributed by atoms with E-state index < -0.39 is 23.9 Å². The van der Waals surface area contributed by atoms with Crippen LogP contribution < -0.4 is 5.32 Å². The van der Waals surface area contributed by atoms with Gasteiger partial charge in [-0.15, -0.1) is 11.3 Å². The van der Waals surface area contributed by atoms with Crippen LogP contribution in [0.4, 0.5) is 5.00 Å². The highest BCUT2D eigenvalue weighted by Crippen LogP contribution is 2.45. The minimum atomic E-state index is -1.10. The molecule has 6 rings (SSSR count). The van der Waals surface area contributed by atoms with Crippen LogP contribution in [0.25, 0.3) is 21.3 Å². The van der Waals surface area contributed by atoms with Crippen LogP contribution in [0, 0.1) is 0 Å². The molecule has 9 heteroatoms. The summed E-state index contributed by atoms with van der Waals surface area (Å²) in [6.07, 6.45) is 2.13. The monoisotopic (exact) mass is 597 g/mol.